The van der Waals surface area contributed by atoms with Crippen molar-refractivity contribution >= 4 is 5.96 Å². The van der Waals surface area contributed by atoms with Crippen LogP contribution in [0.25, 0.3) is 0 Å². The molecule has 1 fully saturated rings. The smallest absolute Gasteiger partial charge is 0.231 e. The van der Waals surface area contributed by atoms with Crippen molar-refractivity contribution in [3.63, 3.8) is 0 Å². The van der Waals surface area contributed by atoms with Crippen molar-refractivity contribution in [2.75, 3.05) is 20.4 Å². The summed E-state index contributed by atoms with van der Waals surface area (Å²) in [6.07, 6.45) is 2.23. The molecule has 0 saturated heterocycles. The summed E-state index contributed by atoms with van der Waals surface area (Å²) in [5.41, 5.74) is 1.96. The van der Waals surface area contributed by atoms with Gasteiger partial charge in [0.1, 0.15) is 5.82 Å². The van der Waals surface area contributed by atoms with Gasteiger partial charge < -0.3 is 20.1 Å². The predicted octanol–water partition coefficient (Wildman–Crippen LogP) is 2.95. The van der Waals surface area contributed by atoms with Crippen LogP contribution in [0.15, 0.2) is 47.5 Å². The molecule has 26 heavy (non-hydrogen) atoms. The summed E-state index contributed by atoms with van der Waals surface area (Å²) < 4.78 is 24.6. The number of rotatable bonds is 5. The summed E-state index contributed by atoms with van der Waals surface area (Å²) in [5.74, 6) is 2.07. The van der Waals surface area contributed by atoms with Crippen LogP contribution in [0, 0.1) is 5.82 Å². The third-order valence-electron chi connectivity index (χ3n) is 5.06. The third-order valence-corrected chi connectivity index (χ3v) is 5.06. The van der Waals surface area contributed by atoms with E-state index in [1.54, 1.807) is 19.2 Å². The zero-order valence-electron chi connectivity index (χ0n) is 14.7. The first-order valence-corrected chi connectivity index (χ1v) is 8.78. The van der Waals surface area contributed by atoms with Crippen LogP contribution in [-0.2, 0) is 12.0 Å². The van der Waals surface area contributed by atoms with E-state index >= 15 is 0 Å². The van der Waals surface area contributed by atoms with Crippen LogP contribution >= 0.6 is 0 Å². The van der Waals surface area contributed by atoms with Crippen molar-refractivity contribution in [2.45, 2.75) is 24.8 Å². The SMILES string of the molecule is CN=C(NCc1ccccc1F)NCC1(c2ccc3c(c2)OCO3)CC1. The number of fused-ring (bicyclic) bond motifs is 1. The van der Waals surface area contributed by atoms with Gasteiger partial charge in [0, 0.05) is 31.1 Å². The minimum absolute atomic E-state index is 0.0938. The molecule has 5 nitrogen and oxygen atoms in total. The number of hydrogen-bond acceptors (Lipinski definition) is 3. The van der Waals surface area contributed by atoms with Crippen LogP contribution in [-0.4, -0.2) is 26.3 Å². The molecule has 1 aliphatic heterocycles. The molecule has 0 amide bonds. The highest BCUT2D eigenvalue weighted by Crippen LogP contribution is 2.49. The number of hydrogen-bond donors (Lipinski definition) is 2. The molecular formula is C20H22FN3O2. The largest absolute Gasteiger partial charge is 0.454 e. The first-order valence-electron chi connectivity index (χ1n) is 8.78. The molecular weight excluding hydrogens is 333 g/mol. The van der Waals surface area contributed by atoms with Gasteiger partial charge in [-0.2, -0.15) is 0 Å². The first kappa shape index (κ1) is 16.7. The molecule has 0 spiro atoms. The lowest BCUT2D eigenvalue weighted by Gasteiger charge is -2.19. The molecule has 2 aliphatic rings. The Morgan fingerprint density at radius 1 is 1.12 bits per heavy atom. The van der Waals surface area contributed by atoms with Gasteiger partial charge in [-0.15, -0.1) is 0 Å². The highest BCUT2D eigenvalue weighted by atomic mass is 19.1. The number of ether oxygens (including phenoxy) is 2. The molecule has 2 N–H and O–H groups in total. The Bertz CT molecular complexity index is 834. The molecule has 2 aromatic rings. The Labute approximate surface area is 152 Å². The number of nitrogens with zero attached hydrogens (tertiary/aromatic N) is 1. The van der Waals surface area contributed by atoms with Gasteiger partial charge in [-0.25, -0.2) is 4.39 Å². The Morgan fingerprint density at radius 2 is 1.92 bits per heavy atom. The normalized spacial score (nSPS) is 17.1. The lowest BCUT2D eigenvalue weighted by molar-refractivity contribution is 0.174. The summed E-state index contributed by atoms with van der Waals surface area (Å²) in [6, 6.07) is 12.9. The molecule has 0 radical (unpaired) electrons. The van der Waals surface area contributed by atoms with Gasteiger partial charge in [0.25, 0.3) is 0 Å². The van der Waals surface area contributed by atoms with Crippen molar-refractivity contribution in [1.82, 2.24) is 10.6 Å². The highest BCUT2D eigenvalue weighted by Gasteiger charge is 2.44. The summed E-state index contributed by atoms with van der Waals surface area (Å²) >= 11 is 0. The van der Waals surface area contributed by atoms with Crippen LogP contribution in [0.1, 0.15) is 24.0 Å². The maximum Gasteiger partial charge on any atom is 0.231 e. The van der Waals surface area contributed by atoms with Crippen molar-refractivity contribution in [3.05, 3.63) is 59.4 Å². The highest BCUT2D eigenvalue weighted by molar-refractivity contribution is 5.79. The zero-order valence-corrected chi connectivity index (χ0v) is 14.7. The van der Waals surface area contributed by atoms with Gasteiger partial charge >= 0.3 is 0 Å². The lowest BCUT2D eigenvalue weighted by atomic mass is 9.95. The van der Waals surface area contributed by atoms with Crippen molar-refractivity contribution in [2.24, 2.45) is 4.99 Å². The van der Waals surface area contributed by atoms with Crippen molar-refractivity contribution in [1.29, 1.82) is 0 Å². The van der Waals surface area contributed by atoms with Gasteiger partial charge in [0.05, 0.1) is 0 Å². The molecule has 136 valence electrons. The van der Waals surface area contributed by atoms with Crippen LogP contribution in [0.3, 0.4) is 0 Å². The van der Waals surface area contributed by atoms with Crippen LogP contribution < -0.4 is 20.1 Å². The molecule has 1 heterocycles. The molecule has 0 bridgehead atoms. The number of nitrogens with one attached hydrogen (secondary N) is 2. The van der Waals surface area contributed by atoms with Gasteiger partial charge in [0.15, 0.2) is 17.5 Å². The monoisotopic (exact) mass is 355 g/mol. The molecule has 0 aromatic heterocycles. The summed E-state index contributed by atoms with van der Waals surface area (Å²) in [4.78, 5) is 4.24. The minimum atomic E-state index is -0.213. The van der Waals surface area contributed by atoms with E-state index in [4.69, 9.17) is 9.47 Å². The molecule has 1 aliphatic carbocycles. The third kappa shape index (κ3) is 3.31. The molecule has 4 rings (SSSR count). The Kier molecular flexibility index (Phi) is 4.41. The number of benzene rings is 2. The zero-order chi connectivity index (χ0) is 18.0. The van der Waals surface area contributed by atoms with E-state index in [2.05, 4.69) is 27.8 Å². The van der Waals surface area contributed by atoms with E-state index in [9.17, 15) is 4.39 Å². The average Bonchev–Trinajstić information content (AvgIpc) is 3.31. The molecule has 6 heteroatoms. The summed E-state index contributed by atoms with van der Waals surface area (Å²) in [5, 5.41) is 6.55. The van der Waals surface area contributed by atoms with Crippen LogP contribution in [0.2, 0.25) is 0 Å². The van der Waals surface area contributed by atoms with E-state index < -0.39 is 0 Å². The molecule has 2 aromatic carbocycles. The summed E-state index contributed by atoms with van der Waals surface area (Å²) in [6.45, 7) is 1.45. The molecule has 0 unspecified atom stereocenters. The van der Waals surface area contributed by atoms with Crippen molar-refractivity contribution < 1.29 is 13.9 Å². The Balaban J connectivity index is 1.37. The maximum absolute atomic E-state index is 13.7. The second-order valence-corrected chi connectivity index (χ2v) is 6.72. The van der Waals surface area contributed by atoms with E-state index in [0.717, 1.165) is 30.9 Å². The fraction of sp³-hybridized carbons (Fsp3) is 0.350. The van der Waals surface area contributed by atoms with E-state index in [0.29, 0.717) is 18.1 Å². The molecule has 0 atom stereocenters. The first-order chi connectivity index (χ1) is 12.7. The lowest BCUT2D eigenvalue weighted by Crippen LogP contribution is -2.41. The van der Waals surface area contributed by atoms with E-state index in [1.165, 1.54) is 11.6 Å². The fourth-order valence-corrected chi connectivity index (χ4v) is 3.24. The van der Waals surface area contributed by atoms with E-state index in [1.807, 2.05) is 12.1 Å². The van der Waals surface area contributed by atoms with Gasteiger partial charge in [-0.1, -0.05) is 24.3 Å². The van der Waals surface area contributed by atoms with Gasteiger partial charge in [-0.3, -0.25) is 4.99 Å². The number of aliphatic imine (C=N–C) groups is 1. The Hall–Kier alpha value is -2.76. The van der Waals surface area contributed by atoms with Crippen LogP contribution in [0.5, 0.6) is 11.5 Å². The van der Waals surface area contributed by atoms with Gasteiger partial charge in [-0.05, 0) is 36.6 Å². The second-order valence-electron chi connectivity index (χ2n) is 6.72. The van der Waals surface area contributed by atoms with E-state index in [-0.39, 0.29) is 18.0 Å². The molecule has 1 saturated carbocycles. The number of halogens is 1. The summed E-state index contributed by atoms with van der Waals surface area (Å²) in [7, 11) is 1.72. The van der Waals surface area contributed by atoms with Gasteiger partial charge in [0.2, 0.25) is 6.79 Å². The fourth-order valence-electron chi connectivity index (χ4n) is 3.24. The average molecular weight is 355 g/mol. The van der Waals surface area contributed by atoms with Crippen LogP contribution in [0.4, 0.5) is 4.39 Å². The number of guanidine groups is 1. The topological polar surface area (TPSA) is 54.9 Å². The Morgan fingerprint density at radius 3 is 2.69 bits per heavy atom. The predicted molar refractivity (Wildman–Crippen MR) is 98.1 cm³/mol. The minimum Gasteiger partial charge on any atom is -0.454 e. The van der Waals surface area contributed by atoms with Crippen molar-refractivity contribution in [3.8, 4) is 11.5 Å². The standard InChI is InChI=1S/C20H22FN3O2/c1-22-19(23-11-14-4-2-3-5-16(14)21)24-12-20(8-9-20)15-6-7-17-18(10-15)26-13-25-17/h2-7,10H,8-9,11-13H2,1H3,(H2,22,23,24). The second kappa shape index (κ2) is 6.86. The maximum atomic E-state index is 13.7. The quantitative estimate of drug-likeness (QED) is 0.640.